The third-order valence-corrected chi connectivity index (χ3v) is 7.69. The zero-order valence-corrected chi connectivity index (χ0v) is 27.4. The molecule has 0 amide bonds. The summed E-state index contributed by atoms with van der Waals surface area (Å²) >= 11 is 0. The number of hydrogen-bond donors (Lipinski definition) is 5. The number of hydrogen-bond acceptors (Lipinski definition) is 15. The van der Waals surface area contributed by atoms with Gasteiger partial charge in [0.25, 0.3) is 10.1 Å². The van der Waals surface area contributed by atoms with Crippen molar-refractivity contribution in [1.82, 2.24) is 10.6 Å². The highest BCUT2D eigenvalue weighted by Gasteiger charge is 2.24. The number of nitrogens with two attached hydrogens (primary N) is 1. The largest absolute Gasteiger partial charge is 0.505 e. The van der Waals surface area contributed by atoms with Gasteiger partial charge in [-0.05, 0) is 56.6 Å². The summed E-state index contributed by atoms with van der Waals surface area (Å²) in [5.41, 5.74) is 5.81. The van der Waals surface area contributed by atoms with E-state index >= 15 is 0 Å². The molecule has 0 aliphatic carbocycles. The minimum Gasteiger partial charge on any atom is -0.505 e. The molecule has 0 saturated carbocycles. The SMILES string of the molecule is CNCCOCCOC(=O)c1ccccc1N=Nc1c(N)ccc2c(O)c(N=Nc3ccccc3C(=O)OCCNC)c(S(=O)(=O)O)cc12. The van der Waals surface area contributed by atoms with Crippen LogP contribution in [-0.2, 0) is 24.3 Å². The standard InChI is InChI=1S/C32H35N7O9S/c1-34-13-15-46-17-18-48-32(42)22-8-4-5-9-25(22)36-38-28-23-19-27(49(43,44)45)29(30(40)20(23)11-12-24(28)33)39-37-26-10-6-3-7-21(26)31(41)47-16-14-35-2/h3-12,19,34-35,40H,13-18,33H2,1-2H3,(H,43,44,45). The van der Waals surface area contributed by atoms with Gasteiger partial charge in [0.05, 0.1) is 30.0 Å². The summed E-state index contributed by atoms with van der Waals surface area (Å²) in [5, 5.41) is 33.3. The lowest BCUT2D eigenvalue weighted by atomic mass is 10.1. The van der Waals surface area contributed by atoms with Crippen molar-refractivity contribution in [3.8, 4) is 5.75 Å². The molecule has 0 aliphatic heterocycles. The van der Waals surface area contributed by atoms with Crippen LogP contribution in [0.2, 0.25) is 0 Å². The predicted octanol–water partition coefficient (Wildman–Crippen LogP) is 4.97. The molecule has 0 spiro atoms. The van der Waals surface area contributed by atoms with Gasteiger partial charge in [0, 0.05) is 23.9 Å². The van der Waals surface area contributed by atoms with Crippen molar-refractivity contribution in [3.05, 3.63) is 77.9 Å². The molecule has 0 atom stereocenters. The van der Waals surface area contributed by atoms with E-state index in [1.807, 2.05) is 0 Å². The molecular formula is C32H35N7O9S. The van der Waals surface area contributed by atoms with Crippen LogP contribution in [-0.4, -0.2) is 83.6 Å². The van der Waals surface area contributed by atoms with E-state index in [4.69, 9.17) is 19.9 Å². The number of esters is 2. The second-order valence-electron chi connectivity index (χ2n) is 10.2. The highest BCUT2D eigenvalue weighted by Crippen LogP contribution is 2.46. The first-order valence-corrected chi connectivity index (χ1v) is 16.3. The number of anilines is 1. The highest BCUT2D eigenvalue weighted by molar-refractivity contribution is 7.86. The van der Waals surface area contributed by atoms with Crippen molar-refractivity contribution in [3.63, 3.8) is 0 Å². The lowest BCUT2D eigenvalue weighted by molar-refractivity contribution is 0.0324. The Bertz CT molecular complexity index is 1990. The first-order valence-electron chi connectivity index (χ1n) is 14.8. The van der Waals surface area contributed by atoms with E-state index in [1.54, 1.807) is 38.4 Å². The summed E-state index contributed by atoms with van der Waals surface area (Å²) in [6, 6.07) is 16.1. The smallest absolute Gasteiger partial charge is 0.340 e. The number of nitrogen functional groups attached to an aromatic ring is 1. The lowest BCUT2D eigenvalue weighted by Crippen LogP contribution is -2.17. The van der Waals surface area contributed by atoms with Gasteiger partial charge in [-0.15, -0.1) is 20.5 Å². The Morgan fingerprint density at radius 3 is 1.88 bits per heavy atom. The van der Waals surface area contributed by atoms with Crippen LogP contribution in [0.4, 0.5) is 28.4 Å². The van der Waals surface area contributed by atoms with E-state index in [1.165, 1.54) is 36.4 Å². The number of benzene rings is 4. The summed E-state index contributed by atoms with van der Waals surface area (Å²) in [7, 11) is -1.54. The minimum atomic E-state index is -5.02. The van der Waals surface area contributed by atoms with Crippen molar-refractivity contribution in [2.24, 2.45) is 20.5 Å². The number of phenolic OH excluding ortho intramolecular Hbond substituents is 1. The Labute approximate surface area is 281 Å². The fourth-order valence-corrected chi connectivity index (χ4v) is 5.02. The molecule has 0 aliphatic rings. The first kappa shape index (κ1) is 36.5. The third-order valence-electron chi connectivity index (χ3n) is 6.82. The molecule has 4 rings (SSSR count). The molecule has 0 unspecified atom stereocenters. The van der Waals surface area contributed by atoms with Crippen LogP contribution in [0.15, 0.2) is 92.1 Å². The van der Waals surface area contributed by atoms with Crippen molar-refractivity contribution >= 4 is 61.3 Å². The van der Waals surface area contributed by atoms with Gasteiger partial charge in [-0.2, -0.15) is 8.42 Å². The normalized spacial score (nSPS) is 11.8. The van der Waals surface area contributed by atoms with Crippen LogP contribution in [0.5, 0.6) is 5.75 Å². The minimum absolute atomic E-state index is 0.00794. The van der Waals surface area contributed by atoms with E-state index in [0.717, 1.165) is 6.07 Å². The van der Waals surface area contributed by atoms with Gasteiger partial charge in [-0.25, -0.2) is 9.59 Å². The van der Waals surface area contributed by atoms with Gasteiger partial charge in [0.2, 0.25) is 0 Å². The monoisotopic (exact) mass is 693 g/mol. The Morgan fingerprint density at radius 1 is 0.735 bits per heavy atom. The van der Waals surface area contributed by atoms with Crippen molar-refractivity contribution in [1.29, 1.82) is 0 Å². The second-order valence-corrected chi connectivity index (χ2v) is 11.6. The summed E-state index contributed by atoms with van der Waals surface area (Å²) in [5.74, 6) is -2.05. The van der Waals surface area contributed by atoms with Crippen LogP contribution < -0.4 is 16.4 Å². The maximum Gasteiger partial charge on any atom is 0.340 e. The second kappa shape index (κ2) is 17.2. The molecule has 0 radical (unpaired) electrons. The number of nitrogens with one attached hydrogen (secondary N) is 2. The Hall–Kier alpha value is -5.33. The van der Waals surface area contributed by atoms with Gasteiger partial charge < -0.3 is 35.7 Å². The van der Waals surface area contributed by atoms with Crippen LogP contribution in [0, 0.1) is 0 Å². The van der Waals surface area contributed by atoms with Crippen molar-refractivity contribution < 1.29 is 41.9 Å². The van der Waals surface area contributed by atoms with Crippen molar-refractivity contribution in [2.45, 2.75) is 4.90 Å². The summed E-state index contributed by atoms with van der Waals surface area (Å²) < 4.78 is 51.1. The highest BCUT2D eigenvalue weighted by atomic mass is 32.2. The van der Waals surface area contributed by atoms with Crippen LogP contribution in [0.3, 0.4) is 0 Å². The average molecular weight is 694 g/mol. The summed E-state index contributed by atoms with van der Waals surface area (Å²) in [6.07, 6.45) is 0. The predicted molar refractivity (Wildman–Crippen MR) is 180 cm³/mol. The molecule has 4 aromatic carbocycles. The fraction of sp³-hybridized carbons (Fsp3) is 0.250. The molecule has 16 nitrogen and oxygen atoms in total. The maximum absolute atomic E-state index is 12.8. The topological polar surface area (TPSA) is 236 Å². The molecule has 49 heavy (non-hydrogen) atoms. The number of likely N-dealkylation sites (N-methyl/N-ethyl adjacent to an activating group) is 2. The number of aromatic hydroxyl groups is 1. The van der Waals surface area contributed by atoms with E-state index < -0.39 is 38.4 Å². The van der Waals surface area contributed by atoms with Crippen LogP contribution in [0.1, 0.15) is 20.7 Å². The van der Waals surface area contributed by atoms with Gasteiger partial charge in [-0.3, -0.25) is 4.55 Å². The third kappa shape index (κ3) is 9.40. The fourth-order valence-electron chi connectivity index (χ4n) is 4.37. The van der Waals surface area contributed by atoms with Gasteiger partial charge in [0.1, 0.15) is 40.9 Å². The number of fused-ring (bicyclic) bond motifs is 1. The summed E-state index contributed by atoms with van der Waals surface area (Å²) in [4.78, 5) is 24.6. The van der Waals surface area contributed by atoms with Gasteiger partial charge in [0.15, 0.2) is 5.75 Å². The number of carbonyl (C=O) groups is 2. The number of phenols is 1. The van der Waals surface area contributed by atoms with Gasteiger partial charge in [-0.1, -0.05) is 24.3 Å². The number of carbonyl (C=O) groups excluding carboxylic acids is 2. The quantitative estimate of drug-likeness (QED) is 0.0344. The van der Waals surface area contributed by atoms with Crippen LogP contribution in [0.25, 0.3) is 10.8 Å². The average Bonchev–Trinajstić information content (AvgIpc) is 3.08. The van der Waals surface area contributed by atoms with E-state index in [-0.39, 0.29) is 64.5 Å². The Kier molecular flexibility index (Phi) is 12.8. The molecule has 4 aromatic rings. The van der Waals surface area contributed by atoms with Crippen molar-refractivity contribution in [2.75, 3.05) is 59.3 Å². The molecule has 17 heteroatoms. The molecule has 0 heterocycles. The van der Waals surface area contributed by atoms with E-state index in [9.17, 15) is 27.7 Å². The molecule has 0 fully saturated rings. The molecular weight excluding hydrogens is 658 g/mol. The number of nitrogens with zero attached hydrogens (tertiary/aromatic N) is 4. The molecule has 258 valence electrons. The Balaban J connectivity index is 1.71. The molecule has 0 aromatic heterocycles. The maximum atomic E-state index is 12.8. The Morgan fingerprint density at radius 2 is 1.29 bits per heavy atom. The summed E-state index contributed by atoms with van der Waals surface area (Å²) in [6.45, 7) is 1.80. The number of ether oxygens (including phenoxy) is 3. The lowest BCUT2D eigenvalue weighted by Gasteiger charge is -2.12. The molecule has 6 N–H and O–H groups in total. The first-order chi connectivity index (χ1) is 23.6. The zero-order valence-electron chi connectivity index (χ0n) is 26.6. The number of rotatable bonds is 16. The molecule has 0 bridgehead atoms. The zero-order chi connectivity index (χ0) is 35.4. The van der Waals surface area contributed by atoms with E-state index in [0.29, 0.717) is 19.7 Å². The van der Waals surface area contributed by atoms with Crippen LogP contribution >= 0.6 is 0 Å². The number of azo groups is 2. The van der Waals surface area contributed by atoms with E-state index in [2.05, 4.69) is 31.1 Å². The van der Waals surface area contributed by atoms with Gasteiger partial charge >= 0.3 is 11.9 Å². The molecule has 0 saturated heterocycles.